The lowest BCUT2D eigenvalue weighted by Gasteiger charge is -2.27. The molecule has 5 heteroatoms. The summed E-state index contributed by atoms with van der Waals surface area (Å²) in [6, 6.07) is 23.2. The van der Waals surface area contributed by atoms with Crippen LogP contribution in [-0.4, -0.2) is 19.6 Å². The standard InChI is InChI=1S/C23H23ClN2O2/c1-28-20-12-8-18(9-13-20)16-26(15-14-17-6-10-19(24)11-7-17)22-5-3-2-4-21(22)23(25)27/h2-13H,14-16H2,1H3,(H2,25,27). The molecule has 0 aliphatic rings. The van der Waals surface area contributed by atoms with Crippen LogP contribution < -0.4 is 15.4 Å². The van der Waals surface area contributed by atoms with Gasteiger partial charge in [-0.15, -0.1) is 0 Å². The number of ether oxygens (including phenoxy) is 1. The van der Waals surface area contributed by atoms with Gasteiger partial charge in [0.15, 0.2) is 0 Å². The Balaban J connectivity index is 1.86. The predicted octanol–water partition coefficient (Wildman–Crippen LogP) is 4.70. The molecule has 0 unspecified atom stereocenters. The van der Waals surface area contributed by atoms with Crippen molar-refractivity contribution in [3.8, 4) is 5.75 Å². The van der Waals surface area contributed by atoms with E-state index in [1.165, 1.54) is 5.56 Å². The number of amides is 1. The summed E-state index contributed by atoms with van der Waals surface area (Å²) in [7, 11) is 1.65. The van der Waals surface area contributed by atoms with E-state index in [9.17, 15) is 4.79 Å². The number of carbonyl (C=O) groups excluding carboxylic acids is 1. The Labute approximate surface area is 170 Å². The van der Waals surface area contributed by atoms with Gasteiger partial charge in [-0.3, -0.25) is 4.79 Å². The number of benzene rings is 3. The van der Waals surface area contributed by atoms with Gasteiger partial charge in [-0.2, -0.15) is 0 Å². The lowest BCUT2D eigenvalue weighted by molar-refractivity contribution is 0.100. The summed E-state index contributed by atoms with van der Waals surface area (Å²) in [5.41, 5.74) is 9.27. The fourth-order valence-electron chi connectivity index (χ4n) is 3.11. The minimum absolute atomic E-state index is 0.429. The van der Waals surface area contributed by atoms with E-state index in [-0.39, 0.29) is 0 Å². The van der Waals surface area contributed by atoms with Crippen LogP contribution in [0.2, 0.25) is 5.02 Å². The van der Waals surface area contributed by atoms with Gasteiger partial charge >= 0.3 is 0 Å². The molecule has 4 nitrogen and oxygen atoms in total. The molecule has 0 heterocycles. The van der Waals surface area contributed by atoms with Crippen LogP contribution in [0, 0.1) is 0 Å². The first-order chi connectivity index (χ1) is 13.6. The van der Waals surface area contributed by atoms with Crippen LogP contribution in [-0.2, 0) is 13.0 Å². The third-order valence-electron chi connectivity index (χ3n) is 4.63. The Hall–Kier alpha value is -2.98. The summed E-state index contributed by atoms with van der Waals surface area (Å²) in [5, 5.41) is 0.720. The van der Waals surface area contributed by atoms with E-state index in [1.54, 1.807) is 13.2 Å². The van der Waals surface area contributed by atoms with Gasteiger partial charge in [0.05, 0.1) is 12.7 Å². The normalized spacial score (nSPS) is 10.5. The second kappa shape index (κ2) is 9.29. The van der Waals surface area contributed by atoms with Gasteiger partial charge in [0.25, 0.3) is 5.91 Å². The number of methoxy groups -OCH3 is 1. The largest absolute Gasteiger partial charge is 0.497 e. The molecule has 0 spiro atoms. The summed E-state index contributed by atoms with van der Waals surface area (Å²) in [6.07, 6.45) is 0.820. The molecule has 0 radical (unpaired) electrons. The van der Waals surface area contributed by atoms with Crippen molar-refractivity contribution in [3.05, 3.63) is 94.5 Å². The molecule has 3 aromatic rings. The van der Waals surface area contributed by atoms with E-state index >= 15 is 0 Å². The van der Waals surface area contributed by atoms with Crippen molar-refractivity contribution in [1.29, 1.82) is 0 Å². The zero-order chi connectivity index (χ0) is 19.9. The SMILES string of the molecule is COc1ccc(CN(CCc2ccc(Cl)cc2)c2ccccc2C(N)=O)cc1. The Bertz CT molecular complexity index is 924. The van der Waals surface area contributed by atoms with E-state index in [2.05, 4.69) is 4.90 Å². The fourth-order valence-corrected chi connectivity index (χ4v) is 3.23. The molecule has 0 aliphatic heterocycles. The van der Waals surface area contributed by atoms with Gasteiger partial charge in [-0.05, 0) is 53.9 Å². The first kappa shape index (κ1) is 19.8. The van der Waals surface area contributed by atoms with Gasteiger partial charge in [-0.25, -0.2) is 0 Å². The highest BCUT2D eigenvalue weighted by Crippen LogP contribution is 2.24. The summed E-state index contributed by atoms with van der Waals surface area (Å²) in [6.45, 7) is 1.39. The highest BCUT2D eigenvalue weighted by Gasteiger charge is 2.15. The number of rotatable bonds is 8. The van der Waals surface area contributed by atoms with Crippen molar-refractivity contribution < 1.29 is 9.53 Å². The van der Waals surface area contributed by atoms with Crippen molar-refractivity contribution >= 4 is 23.2 Å². The van der Waals surface area contributed by atoms with Crippen molar-refractivity contribution in [2.75, 3.05) is 18.6 Å². The quantitative estimate of drug-likeness (QED) is 0.602. The first-order valence-corrected chi connectivity index (χ1v) is 9.46. The molecule has 3 rings (SSSR count). The number of nitrogens with zero attached hydrogens (tertiary/aromatic N) is 1. The zero-order valence-electron chi connectivity index (χ0n) is 15.8. The number of hydrogen-bond acceptors (Lipinski definition) is 3. The lowest BCUT2D eigenvalue weighted by Crippen LogP contribution is -2.28. The molecule has 2 N–H and O–H groups in total. The monoisotopic (exact) mass is 394 g/mol. The number of halogens is 1. The third-order valence-corrected chi connectivity index (χ3v) is 4.88. The molecule has 0 saturated heterocycles. The van der Waals surface area contributed by atoms with E-state index < -0.39 is 5.91 Å². The first-order valence-electron chi connectivity index (χ1n) is 9.08. The zero-order valence-corrected chi connectivity index (χ0v) is 16.5. The Morgan fingerprint density at radius 3 is 2.25 bits per heavy atom. The van der Waals surface area contributed by atoms with Crippen LogP contribution in [0.4, 0.5) is 5.69 Å². The average molecular weight is 395 g/mol. The molecule has 1 amide bonds. The highest BCUT2D eigenvalue weighted by molar-refractivity contribution is 6.30. The molecule has 0 fully saturated rings. The second-order valence-corrected chi connectivity index (χ2v) is 6.96. The Morgan fingerprint density at radius 2 is 1.61 bits per heavy atom. The summed E-state index contributed by atoms with van der Waals surface area (Å²) >= 11 is 5.99. The molecule has 0 saturated carbocycles. The van der Waals surface area contributed by atoms with Gasteiger partial charge in [0.2, 0.25) is 0 Å². The van der Waals surface area contributed by atoms with Gasteiger partial charge in [0.1, 0.15) is 5.75 Å². The van der Waals surface area contributed by atoms with E-state index in [0.29, 0.717) is 12.1 Å². The molecular formula is C23H23ClN2O2. The maximum atomic E-state index is 11.9. The Morgan fingerprint density at radius 1 is 0.964 bits per heavy atom. The predicted molar refractivity (Wildman–Crippen MR) is 114 cm³/mol. The van der Waals surface area contributed by atoms with Gasteiger partial charge < -0.3 is 15.4 Å². The van der Waals surface area contributed by atoms with Gasteiger partial charge in [0, 0.05) is 23.8 Å². The van der Waals surface area contributed by atoms with Crippen LogP contribution in [0.15, 0.2) is 72.8 Å². The summed E-state index contributed by atoms with van der Waals surface area (Å²) in [4.78, 5) is 14.1. The van der Waals surface area contributed by atoms with Crippen molar-refractivity contribution in [3.63, 3.8) is 0 Å². The number of primary amides is 1. The van der Waals surface area contributed by atoms with Crippen LogP contribution in [0.3, 0.4) is 0 Å². The molecule has 0 aromatic heterocycles. The van der Waals surface area contributed by atoms with E-state index in [0.717, 1.165) is 35.0 Å². The molecule has 28 heavy (non-hydrogen) atoms. The maximum absolute atomic E-state index is 11.9. The highest BCUT2D eigenvalue weighted by atomic mass is 35.5. The second-order valence-electron chi connectivity index (χ2n) is 6.53. The molecule has 144 valence electrons. The Kier molecular flexibility index (Phi) is 6.56. The van der Waals surface area contributed by atoms with Crippen molar-refractivity contribution in [1.82, 2.24) is 0 Å². The van der Waals surface area contributed by atoms with Crippen LogP contribution in [0.25, 0.3) is 0 Å². The summed E-state index contributed by atoms with van der Waals surface area (Å²) in [5.74, 6) is 0.385. The molecule has 3 aromatic carbocycles. The minimum Gasteiger partial charge on any atom is -0.497 e. The van der Waals surface area contributed by atoms with Crippen LogP contribution >= 0.6 is 11.6 Å². The van der Waals surface area contributed by atoms with Gasteiger partial charge in [-0.1, -0.05) is 48.0 Å². The van der Waals surface area contributed by atoms with Crippen LogP contribution in [0.1, 0.15) is 21.5 Å². The average Bonchev–Trinajstić information content (AvgIpc) is 2.72. The minimum atomic E-state index is -0.429. The van der Waals surface area contributed by atoms with Crippen molar-refractivity contribution in [2.24, 2.45) is 5.73 Å². The molecular weight excluding hydrogens is 372 g/mol. The number of anilines is 1. The number of carbonyl (C=O) groups is 1. The number of nitrogens with two attached hydrogens (primary N) is 1. The maximum Gasteiger partial charge on any atom is 0.250 e. The third kappa shape index (κ3) is 5.05. The molecule has 0 atom stereocenters. The summed E-state index contributed by atoms with van der Waals surface area (Å²) < 4.78 is 5.24. The molecule has 0 aliphatic carbocycles. The smallest absolute Gasteiger partial charge is 0.250 e. The number of para-hydroxylation sites is 1. The van der Waals surface area contributed by atoms with Crippen molar-refractivity contribution in [2.45, 2.75) is 13.0 Å². The molecule has 0 bridgehead atoms. The fraction of sp³-hybridized carbons (Fsp3) is 0.174. The topological polar surface area (TPSA) is 55.6 Å². The number of hydrogen-bond donors (Lipinski definition) is 1. The van der Waals surface area contributed by atoms with E-state index in [4.69, 9.17) is 22.1 Å². The van der Waals surface area contributed by atoms with Crippen LogP contribution in [0.5, 0.6) is 5.75 Å². The van der Waals surface area contributed by atoms with E-state index in [1.807, 2.05) is 66.7 Å². The lowest BCUT2D eigenvalue weighted by atomic mass is 10.1.